The van der Waals surface area contributed by atoms with Gasteiger partial charge in [0.25, 0.3) is 0 Å². The van der Waals surface area contributed by atoms with E-state index in [0.717, 1.165) is 43.1 Å². The van der Waals surface area contributed by atoms with Crippen molar-refractivity contribution in [3.05, 3.63) is 59.7 Å². The molecule has 1 spiro atoms. The summed E-state index contributed by atoms with van der Waals surface area (Å²) < 4.78 is 6.47. The van der Waals surface area contributed by atoms with Crippen molar-refractivity contribution >= 4 is 5.96 Å². The molecule has 5 nitrogen and oxygen atoms in total. The summed E-state index contributed by atoms with van der Waals surface area (Å²) in [7, 11) is 0. The molecule has 28 heavy (non-hydrogen) atoms. The van der Waals surface area contributed by atoms with Crippen LogP contribution >= 0.6 is 0 Å². The van der Waals surface area contributed by atoms with Gasteiger partial charge in [0.1, 0.15) is 17.1 Å². The van der Waals surface area contributed by atoms with Gasteiger partial charge in [-0.3, -0.25) is 0 Å². The van der Waals surface area contributed by atoms with E-state index in [4.69, 9.17) is 9.73 Å². The number of guanidine groups is 1. The molecule has 1 unspecified atom stereocenters. The van der Waals surface area contributed by atoms with Crippen molar-refractivity contribution < 1.29 is 9.84 Å². The molecule has 2 aliphatic rings. The molecule has 1 atom stereocenters. The average Bonchev–Trinajstić information content (AvgIpc) is 3.15. The maximum Gasteiger partial charge on any atom is 0.192 e. The number of rotatable bonds is 4. The number of nitrogens with one attached hydrogen (secondary N) is 2. The van der Waals surface area contributed by atoms with E-state index in [9.17, 15) is 5.11 Å². The number of phenols is 1. The molecule has 1 aliphatic heterocycles. The number of hydrogen-bond donors (Lipinski definition) is 3. The molecule has 1 fully saturated rings. The van der Waals surface area contributed by atoms with E-state index in [0.29, 0.717) is 6.54 Å². The highest BCUT2D eigenvalue weighted by atomic mass is 16.5. The third-order valence-electron chi connectivity index (χ3n) is 5.72. The van der Waals surface area contributed by atoms with E-state index in [1.54, 1.807) is 12.1 Å². The number of phenolic OH excluding ortho intramolecular Hbond substituents is 1. The lowest BCUT2D eigenvalue weighted by atomic mass is 9.86. The molecule has 2 aromatic carbocycles. The summed E-state index contributed by atoms with van der Waals surface area (Å²) in [6.45, 7) is 3.44. The summed E-state index contributed by atoms with van der Waals surface area (Å²) in [6.07, 6.45) is 5.70. The fourth-order valence-corrected chi connectivity index (χ4v) is 4.33. The van der Waals surface area contributed by atoms with Crippen molar-refractivity contribution in [1.82, 2.24) is 10.6 Å². The second kappa shape index (κ2) is 8.13. The fraction of sp³-hybridized carbons (Fsp3) is 0.435. The minimum atomic E-state index is -0.0414. The Morgan fingerprint density at radius 2 is 1.89 bits per heavy atom. The van der Waals surface area contributed by atoms with Gasteiger partial charge in [0.05, 0.1) is 12.6 Å². The molecule has 0 aromatic heterocycles. The van der Waals surface area contributed by atoms with Crippen LogP contribution < -0.4 is 15.4 Å². The molecule has 1 aliphatic carbocycles. The molecule has 2 aromatic rings. The van der Waals surface area contributed by atoms with Crippen LogP contribution in [0.3, 0.4) is 0 Å². The fourth-order valence-electron chi connectivity index (χ4n) is 4.33. The van der Waals surface area contributed by atoms with Gasteiger partial charge in [-0.05, 0) is 56.4 Å². The Morgan fingerprint density at radius 3 is 2.64 bits per heavy atom. The molecule has 0 saturated heterocycles. The maximum atomic E-state index is 9.46. The van der Waals surface area contributed by atoms with E-state index in [1.807, 2.05) is 18.2 Å². The lowest BCUT2D eigenvalue weighted by Crippen LogP contribution is -2.46. The standard InChI is InChI=1S/C23H29N3O2/c1-2-24-22(25-16-17-9-11-18(27)12-10-17)26-20-15-23(13-5-6-14-23)28-21-8-4-3-7-19(20)21/h3-4,7-12,20,27H,2,5-6,13-16H2,1H3,(H2,24,25,26). The minimum Gasteiger partial charge on any atom is -0.508 e. The van der Waals surface area contributed by atoms with Crippen LogP contribution in [0.1, 0.15) is 56.2 Å². The van der Waals surface area contributed by atoms with Crippen LogP contribution in [0.4, 0.5) is 0 Å². The van der Waals surface area contributed by atoms with Gasteiger partial charge >= 0.3 is 0 Å². The monoisotopic (exact) mass is 379 g/mol. The van der Waals surface area contributed by atoms with Crippen molar-refractivity contribution in [1.29, 1.82) is 0 Å². The summed E-state index contributed by atoms with van der Waals surface area (Å²) in [5.41, 5.74) is 2.23. The SMILES string of the molecule is CCNC(=NCc1ccc(O)cc1)NC1CC2(CCCC2)Oc2ccccc21. The van der Waals surface area contributed by atoms with Crippen molar-refractivity contribution in [3.8, 4) is 11.5 Å². The predicted octanol–water partition coefficient (Wildman–Crippen LogP) is 4.28. The van der Waals surface area contributed by atoms with Gasteiger partial charge in [-0.25, -0.2) is 4.99 Å². The molecule has 0 bridgehead atoms. The van der Waals surface area contributed by atoms with Crippen LogP contribution in [-0.2, 0) is 6.54 Å². The number of hydrogen-bond acceptors (Lipinski definition) is 3. The maximum absolute atomic E-state index is 9.46. The molecule has 148 valence electrons. The largest absolute Gasteiger partial charge is 0.508 e. The van der Waals surface area contributed by atoms with Gasteiger partial charge in [-0.2, -0.15) is 0 Å². The van der Waals surface area contributed by atoms with E-state index in [-0.39, 0.29) is 17.4 Å². The van der Waals surface area contributed by atoms with Crippen molar-refractivity contribution in [2.24, 2.45) is 4.99 Å². The first-order valence-electron chi connectivity index (χ1n) is 10.3. The third-order valence-corrected chi connectivity index (χ3v) is 5.72. The first-order valence-corrected chi connectivity index (χ1v) is 10.3. The van der Waals surface area contributed by atoms with Crippen LogP contribution in [-0.4, -0.2) is 23.2 Å². The Morgan fingerprint density at radius 1 is 1.14 bits per heavy atom. The highest BCUT2D eigenvalue weighted by Crippen LogP contribution is 2.46. The van der Waals surface area contributed by atoms with E-state index in [1.165, 1.54) is 18.4 Å². The Hall–Kier alpha value is -2.69. The molecule has 4 rings (SSSR count). The molecule has 0 amide bonds. The van der Waals surface area contributed by atoms with Crippen LogP contribution in [0.5, 0.6) is 11.5 Å². The van der Waals surface area contributed by atoms with E-state index in [2.05, 4.69) is 35.8 Å². The number of para-hydroxylation sites is 1. The van der Waals surface area contributed by atoms with Gasteiger partial charge < -0.3 is 20.5 Å². The normalized spacial score (nSPS) is 20.5. The summed E-state index contributed by atoms with van der Waals surface area (Å²) in [5.74, 6) is 2.09. The lowest BCUT2D eigenvalue weighted by molar-refractivity contribution is 0.0396. The summed E-state index contributed by atoms with van der Waals surface area (Å²) in [6, 6.07) is 15.7. The van der Waals surface area contributed by atoms with Crippen LogP contribution in [0.15, 0.2) is 53.5 Å². The zero-order valence-electron chi connectivity index (χ0n) is 16.4. The van der Waals surface area contributed by atoms with Crippen LogP contribution in [0, 0.1) is 0 Å². The molecular formula is C23H29N3O2. The topological polar surface area (TPSA) is 65.9 Å². The minimum absolute atomic E-state index is 0.0414. The molecule has 1 heterocycles. The molecule has 0 radical (unpaired) electrons. The number of aliphatic imine (C=N–C) groups is 1. The van der Waals surface area contributed by atoms with Crippen molar-refractivity contribution in [2.75, 3.05) is 6.54 Å². The zero-order chi connectivity index (χ0) is 19.4. The van der Waals surface area contributed by atoms with Gasteiger partial charge in [0.15, 0.2) is 5.96 Å². The number of ether oxygens (including phenoxy) is 1. The predicted molar refractivity (Wildman–Crippen MR) is 112 cm³/mol. The van der Waals surface area contributed by atoms with Crippen molar-refractivity contribution in [2.45, 2.75) is 57.2 Å². The number of nitrogens with zero attached hydrogens (tertiary/aromatic N) is 1. The third kappa shape index (κ3) is 4.08. The highest BCUT2D eigenvalue weighted by Gasteiger charge is 2.43. The Bertz CT molecular complexity index is 826. The second-order valence-corrected chi connectivity index (χ2v) is 7.79. The average molecular weight is 380 g/mol. The number of benzene rings is 2. The van der Waals surface area contributed by atoms with Crippen molar-refractivity contribution in [3.63, 3.8) is 0 Å². The van der Waals surface area contributed by atoms with E-state index < -0.39 is 0 Å². The second-order valence-electron chi connectivity index (χ2n) is 7.79. The lowest BCUT2D eigenvalue weighted by Gasteiger charge is -2.40. The summed E-state index contributed by atoms with van der Waals surface area (Å²) in [4.78, 5) is 4.77. The molecule has 3 N–H and O–H groups in total. The van der Waals surface area contributed by atoms with Gasteiger partial charge in [0, 0.05) is 18.5 Å². The first-order chi connectivity index (χ1) is 13.7. The van der Waals surface area contributed by atoms with Gasteiger partial charge in [0.2, 0.25) is 0 Å². The summed E-state index contributed by atoms with van der Waals surface area (Å²) in [5, 5.41) is 16.5. The van der Waals surface area contributed by atoms with E-state index >= 15 is 0 Å². The quantitative estimate of drug-likeness (QED) is 0.548. The first kappa shape index (κ1) is 18.7. The van der Waals surface area contributed by atoms with Crippen LogP contribution in [0.2, 0.25) is 0 Å². The Labute approximate surface area is 166 Å². The number of aromatic hydroxyl groups is 1. The van der Waals surface area contributed by atoms with Crippen LogP contribution in [0.25, 0.3) is 0 Å². The Balaban J connectivity index is 1.55. The highest BCUT2D eigenvalue weighted by molar-refractivity contribution is 5.80. The van der Waals surface area contributed by atoms with Gasteiger partial charge in [-0.1, -0.05) is 30.3 Å². The zero-order valence-corrected chi connectivity index (χ0v) is 16.4. The molecule has 1 saturated carbocycles. The Kier molecular flexibility index (Phi) is 5.42. The molecule has 5 heteroatoms. The summed E-state index contributed by atoms with van der Waals surface area (Å²) >= 11 is 0. The number of fused-ring (bicyclic) bond motifs is 1. The van der Waals surface area contributed by atoms with Gasteiger partial charge in [-0.15, -0.1) is 0 Å². The molecular weight excluding hydrogens is 350 g/mol. The smallest absolute Gasteiger partial charge is 0.192 e.